The molecule has 0 aromatic heterocycles. The van der Waals surface area contributed by atoms with Gasteiger partial charge in [0.15, 0.2) is 11.6 Å². The van der Waals surface area contributed by atoms with Crippen LogP contribution < -0.4 is 0 Å². The van der Waals surface area contributed by atoms with Gasteiger partial charge in [-0.2, -0.15) is 0 Å². The Balaban J connectivity index is 2.05. The van der Waals surface area contributed by atoms with E-state index in [0.717, 1.165) is 12.8 Å². The minimum atomic E-state index is -1.16. The first-order chi connectivity index (χ1) is 10.5. The van der Waals surface area contributed by atoms with Crippen molar-refractivity contribution in [3.8, 4) is 0 Å². The van der Waals surface area contributed by atoms with Gasteiger partial charge in [0.25, 0.3) is 0 Å². The molecule has 0 aliphatic heterocycles. The summed E-state index contributed by atoms with van der Waals surface area (Å²) in [7, 11) is 0. The summed E-state index contributed by atoms with van der Waals surface area (Å²) < 4.78 is 10.0. The summed E-state index contributed by atoms with van der Waals surface area (Å²) in [5.74, 6) is -0.611. The van der Waals surface area contributed by atoms with E-state index in [-0.39, 0.29) is 30.8 Å². The monoisotopic (exact) mass is 313 g/mol. The molecule has 0 atom stereocenters. The van der Waals surface area contributed by atoms with Crippen LogP contribution in [0.1, 0.15) is 52.4 Å². The molecule has 124 valence electrons. The fourth-order valence-corrected chi connectivity index (χ4v) is 1.99. The normalized spacial score (nSPS) is 16.0. The van der Waals surface area contributed by atoms with Gasteiger partial charge in [-0.1, -0.05) is 5.16 Å². The fourth-order valence-electron chi connectivity index (χ4n) is 1.99. The summed E-state index contributed by atoms with van der Waals surface area (Å²) in [5.41, 5.74) is 0. The molecule has 0 spiro atoms. The molecule has 0 N–H and O–H groups in total. The maximum Gasteiger partial charge on any atom is 0.306 e. The number of rotatable bonds is 9. The molecule has 0 aromatic carbocycles. The van der Waals surface area contributed by atoms with E-state index in [1.807, 2.05) is 6.92 Å². The van der Waals surface area contributed by atoms with Crippen molar-refractivity contribution in [3.63, 3.8) is 0 Å². The molecule has 1 aliphatic rings. The number of oxime groups is 1. The van der Waals surface area contributed by atoms with E-state index >= 15 is 0 Å². The largest absolute Gasteiger partial charge is 0.479 e. The Hall–Kier alpha value is -1.92. The van der Waals surface area contributed by atoms with Gasteiger partial charge in [-0.05, 0) is 26.2 Å². The lowest BCUT2D eigenvalue weighted by Gasteiger charge is -2.09. The van der Waals surface area contributed by atoms with Gasteiger partial charge in [0, 0.05) is 26.2 Å². The Bertz CT molecular complexity index is 416. The van der Waals surface area contributed by atoms with Crippen molar-refractivity contribution in [2.24, 2.45) is 5.16 Å². The Labute approximate surface area is 130 Å². The van der Waals surface area contributed by atoms with E-state index in [9.17, 15) is 14.4 Å². The SMILES string of the molecule is CCO/C(C)=N\OCCCCCC(=O)OC1C(=O)CCC1=O. The third kappa shape index (κ3) is 6.69. The van der Waals surface area contributed by atoms with Gasteiger partial charge in [0.1, 0.15) is 6.61 Å². The molecule has 1 fully saturated rings. The minimum Gasteiger partial charge on any atom is -0.479 e. The molecule has 1 saturated carbocycles. The van der Waals surface area contributed by atoms with Crippen molar-refractivity contribution in [1.29, 1.82) is 0 Å². The molecule has 0 amide bonds. The first kappa shape index (κ1) is 18.1. The number of carbonyl (C=O) groups excluding carboxylic acids is 3. The zero-order valence-corrected chi connectivity index (χ0v) is 13.1. The number of Topliss-reactive ketones (excluding diaryl/α,β-unsaturated/α-hetero) is 2. The van der Waals surface area contributed by atoms with E-state index in [1.165, 1.54) is 0 Å². The van der Waals surface area contributed by atoms with Gasteiger partial charge in [0.2, 0.25) is 12.0 Å². The quantitative estimate of drug-likeness (QED) is 0.161. The fraction of sp³-hybridized carbons (Fsp3) is 0.733. The van der Waals surface area contributed by atoms with Crippen molar-refractivity contribution in [3.05, 3.63) is 0 Å². The number of unbranched alkanes of at least 4 members (excludes halogenated alkanes) is 2. The number of carbonyl (C=O) groups is 3. The smallest absolute Gasteiger partial charge is 0.306 e. The van der Waals surface area contributed by atoms with Gasteiger partial charge in [-0.3, -0.25) is 14.4 Å². The van der Waals surface area contributed by atoms with E-state index in [2.05, 4.69) is 5.16 Å². The van der Waals surface area contributed by atoms with Crippen molar-refractivity contribution in [1.82, 2.24) is 0 Å². The van der Waals surface area contributed by atoms with Crippen LogP contribution in [0.25, 0.3) is 0 Å². The van der Waals surface area contributed by atoms with Crippen molar-refractivity contribution in [2.45, 2.75) is 58.5 Å². The average Bonchev–Trinajstić information content (AvgIpc) is 2.78. The third-order valence-electron chi connectivity index (χ3n) is 3.11. The van der Waals surface area contributed by atoms with Crippen LogP contribution in [0, 0.1) is 0 Å². The van der Waals surface area contributed by atoms with E-state index in [0.29, 0.717) is 25.5 Å². The second-order valence-corrected chi connectivity index (χ2v) is 4.99. The van der Waals surface area contributed by atoms with Gasteiger partial charge < -0.3 is 14.3 Å². The third-order valence-corrected chi connectivity index (χ3v) is 3.11. The molecular weight excluding hydrogens is 290 g/mol. The summed E-state index contributed by atoms with van der Waals surface area (Å²) in [6.07, 6.45) is 1.52. The molecule has 0 bridgehead atoms. The van der Waals surface area contributed by atoms with Gasteiger partial charge in [-0.15, -0.1) is 0 Å². The highest BCUT2D eigenvalue weighted by Gasteiger charge is 2.35. The van der Waals surface area contributed by atoms with Crippen LogP contribution in [0.15, 0.2) is 5.16 Å². The number of ether oxygens (including phenoxy) is 2. The first-order valence-electron chi connectivity index (χ1n) is 7.58. The zero-order chi connectivity index (χ0) is 16.4. The summed E-state index contributed by atoms with van der Waals surface area (Å²) in [6.45, 7) is 4.57. The summed E-state index contributed by atoms with van der Waals surface area (Å²) in [5, 5.41) is 3.76. The van der Waals surface area contributed by atoms with Crippen molar-refractivity contribution in [2.75, 3.05) is 13.2 Å². The maximum atomic E-state index is 11.5. The molecule has 0 heterocycles. The van der Waals surface area contributed by atoms with Crippen molar-refractivity contribution < 1.29 is 28.7 Å². The molecule has 0 aromatic rings. The van der Waals surface area contributed by atoms with Crippen LogP contribution in [0.5, 0.6) is 0 Å². The number of hydrogen-bond donors (Lipinski definition) is 0. The van der Waals surface area contributed by atoms with E-state index < -0.39 is 12.1 Å². The summed E-state index contributed by atoms with van der Waals surface area (Å²) in [6, 6.07) is 0. The molecule has 0 radical (unpaired) electrons. The zero-order valence-electron chi connectivity index (χ0n) is 13.1. The molecule has 1 rings (SSSR count). The van der Waals surface area contributed by atoms with Crippen LogP contribution in [0.2, 0.25) is 0 Å². The first-order valence-corrected chi connectivity index (χ1v) is 7.58. The Morgan fingerprint density at radius 2 is 1.86 bits per heavy atom. The number of hydrogen-bond acceptors (Lipinski definition) is 7. The lowest BCUT2D eigenvalue weighted by atomic mass is 10.2. The molecule has 7 heteroatoms. The highest BCUT2D eigenvalue weighted by atomic mass is 16.6. The van der Waals surface area contributed by atoms with Crippen molar-refractivity contribution >= 4 is 23.4 Å². The van der Waals surface area contributed by atoms with Gasteiger partial charge >= 0.3 is 5.97 Å². The topological polar surface area (TPSA) is 91.3 Å². The number of nitrogens with zero attached hydrogens (tertiary/aromatic N) is 1. The lowest BCUT2D eigenvalue weighted by Crippen LogP contribution is -2.28. The molecule has 22 heavy (non-hydrogen) atoms. The molecular formula is C15H23NO6. The second-order valence-electron chi connectivity index (χ2n) is 4.99. The molecule has 1 aliphatic carbocycles. The Morgan fingerprint density at radius 1 is 1.18 bits per heavy atom. The van der Waals surface area contributed by atoms with Gasteiger partial charge in [-0.25, -0.2) is 0 Å². The summed E-state index contributed by atoms with van der Waals surface area (Å²) in [4.78, 5) is 39.3. The van der Waals surface area contributed by atoms with E-state index in [1.54, 1.807) is 6.92 Å². The standard InChI is InChI=1S/C15H23NO6/c1-3-20-11(2)16-21-10-6-4-5-7-14(19)22-15-12(17)8-9-13(15)18/h15H,3-10H2,1-2H3/b16-11-. The highest BCUT2D eigenvalue weighted by Crippen LogP contribution is 2.15. The Kier molecular flexibility index (Phi) is 8.17. The van der Waals surface area contributed by atoms with Crippen LogP contribution in [-0.4, -0.2) is 42.8 Å². The van der Waals surface area contributed by atoms with E-state index in [4.69, 9.17) is 14.3 Å². The molecule has 0 saturated heterocycles. The van der Waals surface area contributed by atoms with Crippen LogP contribution in [0.4, 0.5) is 0 Å². The van der Waals surface area contributed by atoms with Crippen LogP contribution in [0.3, 0.4) is 0 Å². The maximum absolute atomic E-state index is 11.5. The second kappa shape index (κ2) is 9.92. The molecule has 0 unspecified atom stereocenters. The predicted octanol–water partition coefficient (Wildman–Crippen LogP) is 1.78. The van der Waals surface area contributed by atoms with Crippen LogP contribution in [-0.2, 0) is 28.7 Å². The number of ketones is 2. The average molecular weight is 313 g/mol. The summed E-state index contributed by atoms with van der Waals surface area (Å²) >= 11 is 0. The van der Waals surface area contributed by atoms with Gasteiger partial charge in [0.05, 0.1) is 6.61 Å². The minimum absolute atomic E-state index is 0.176. The van der Waals surface area contributed by atoms with Crippen LogP contribution >= 0.6 is 0 Å². The number of esters is 1. The lowest BCUT2D eigenvalue weighted by molar-refractivity contribution is -0.157. The molecule has 7 nitrogen and oxygen atoms in total. The highest BCUT2D eigenvalue weighted by molar-refractivity contribution is 6.12. The predicted molar refractivity (Wildman–Crippen MR) is 78.3 cm³/mol. The Morgan fingerprint density at radius 3 is 2.50 bits per heavy atom.